The fourth-order valence-electron chi connectivity index (χ4n) is 3.40. The molecule has 5 aromatic rings. The van der Waals surface area contributed by atoms with Gasteiger partial charge in [0.25, 0.3) is 0 Å². The molecule has 0 saturated carbocycles. The highest BCUT2D eigenvalue weighted by molar-refractivity contribution is 6.02. The summed E-state index contributed by atoms with van der Waals surface area (Å²) >= 11 is 0. The van der Waals surface area contributed by atoms with E-state index in [1.807, 2.05) is 36.4 Å². The van der Waals surface area contributed by atoms with Crippen LogP contribution in [0, 0.1) is 22.7 Å². The zero-order valence-electron chi connectivity index (χ0n) is 14.3. The maximum Gasteiger partial charge on any atom is 0.120 e. The Bertz CT molecular complexity index is 1330. The Kier molecular flexibility index (Phi) is 3.36. The highest BCUT2D eigenvalue weighted by Gasteiger charge is 2.18. The van der Waals surface area contributed by atoms with Crippen molar-refractivity contribution in [2.45, 2.75) is 0 Å². The molecule has 0 aliphatic rings. The van der Waals surface area contributed by atoms with E-state index in [-0.39, 0.29) is 0 Å². The van der Waals surface area contributed by atoms with Crippen molar-refractivity contribution in [2.75, 3.05) is 0 Å². The second kappa shape index (κ2) is 6.01. The fourth-order valence-corrected chi connectivity index (χ4v) is 3.40. The summed E-state index contributed by atoms with van der Waals surface area (Å²) in [5, 5.41) is 41.2. The number of nitriles is 2. The number of hydrogen-bond acceptors (Lipinski definition) is 6. The van der Waals surface area contributed by atoms with Gasteiger partial charge in [0.2, 0.25) is 0 Å². The van der Waals surface area contributed by atoms with Crippen LogP contribution in [0.4, 0.5) is 0 Å². The molecule has 0 radical (unpaired) electrons. The number of H-pyrrole nitrogens is 2. The van der Waals surface area contributed by atoms with E-state index >= 15 is 0 Å². The lowest BCUT2D eigenvalue weighted by Gasteiger charge is -2.12. The molecule has 8 nitrogen and oxygen atoms in total. The number of nitrogens with one attached hydrogen (secondary N) is 2. The number of benzene rings is 3. The molecule has 0 amide bonds. The first kappa shape index (κ1) is 15.7. The fraction of sp³-hybridized carbons (Fsp3) is 0. The summed E-state index contributed by atoms with van der Waals surface area (Å²) in [7, 11) is 0. The third-order valence-corrected chi connectivity index (χ3v) is 4.67. The van der Waals surface area contributed by atoms with Crippen LogP contribution >= 0.6 is 0 Å². The molecule has 0 aliphatic carbocycles. The van der Waals surface area contributed by atoms with Crippen molar-refractivity contribution in [3.63, 3.8) is 0 Å². The van der Waals surface area contributed by atoms with E-state index in [0.29, 0.717) is 33.2 Å². The molecule has 0 atom stereocenters. The molecular weight excluding hydrogens is 352 g/mol. The minimum Gasteiger partial charge on any atom is -0.197 e. The molecule has 28 heavy (non-hydrogen) atoms. The van der Waals surface area contributed by atoms with Gasteiger partial charge in [0, 0.05) is 11.1 Å². The van der Waals surface area contributed by atoms with Crippen LogP contribution in [0.25, 0.3) is 44.3 Å². The van der Waals surface area contributed by atoms with Gasteiger partial charge in [-0.3, -0.25) is 0 Å². The summed E-state index contributed by atoms with van der Waals surface area (Å²) in [6, 6.07) is 19.0. The van der Waals surface area contributed by atoms with Crippen molar-refractivity contribution in [3.8, 4) is 34.4 Å². The predicted molar refractivity (Wildman–Crippen MR) is 102 cm³/mol. The van der Waals surface area contributed by atoms with Crippen LogP contribution in [0.5, 0.6) is 0 Å². The van der Waals surface area contributed by atoms with Crippen molar-refractivity contribution in [2.24, 2.45) is 0 Å². The second-order valence-corrected chi connectivity index (χ2v) is 6.16. The average molecular weight is 362 g/mol. The topological polar surface area (TPSA) is 131 Å². The molecule has 8 heteroatoms. The maximum atomic E-state index is 9.53. The first-order valence-corrected chi connectivity index (χ1v) is 8.38. The standard InChI is InChI=1S/C20H10N8/c21-9-11-7-15(13-3-1-5-17-19(13)25-27-23-17)16(8-12(11)10-22)14-4-2-6-18-20(14)26-28-24-18/h1-8H,(H,23,25,27)(H,24,26,28). The van der Waals surface area contributed by atoms with Gasteiger partial charge in [0.05, 0.1) is 11.1 Å². The summed E-state index contributed by atoms with van der Waals surface area (Å²) in [6.45, 7) is 0. The Hall–Kier alpha value is -4.56. The van der Waals surface area contributed by atoms with Gasteiger partial charge >= 0.3 is 0 Å². The van der Waals surface area contributed by atoms with Gasteiger partial charge in [-0.2, -0.15) is 41.3 Å². The molecule has 0 saturated heterocycles. The van der Waals surface area contributed by atoms with Crippen molar-refractivity contribution in [1.29, 1.82) is 10.5 Å². The van der Waals surface area contributed by atoms with Crippen molar-refractivity contribution in [3.05, 3.63) is 59.7 Å². The quantitative estimate of drug-likeness (QED) is 0.495. The smallest absolute Gasteiger partial charge is 0.120 e. The lowest BCUT2D eigenvalue weighted by molar-refractivity contribution is 0.959. The monoisotopic (exact) mass is 362 g/mol. The molecule has 3 aromatic carbocycles. The Morgan fingerprint density at radius 2 is 1.07 bits per heavy atom. The molecule has 0 unspecified atom stereocenters. The zero-order valence-corrected chi connectivity index (χ0v) is 14.3. The minimum absolute atomic E-state index is 0.300. The second-order valence-electron chi connectivity index (χ2n) is 6.16. The summed E-state index contributed by atoms with van der Waals surface area (Å²) < 4.78 is 0. The molecule has 2 aromatic heterocycles. The number of nitrogens with zero attached hydrogens (tertiary/aromatic N) is 6. The van der Waals surface area contributed by atoms with Gasteiger partial charge in [-0.15, -0.1) is 0 Å². The van der Waals surface area contributed by atoms with E-state index in [4.69, 9.17) is 0 Å². The van der Waals surface area contributed by atoms with Gasteiger partial charge in [-0.05, 0) is 35.4 Å². The van der Waals surface area contributed by atoms with Gasteiger partial charge in [0.1, 0.15) is 34.2 Å². The van der Waals surface area contributed by atoms with Crippen molar-refractivity contribution < 1.29 is 0 Å². The van der Waals surface area contributed by atoms with Crippen molar-refractivity contribution >= 4 is 22.1 Å². The van der Waals surface area contributed by atoms with Crippen LogP contribution < -0.4 is 0 Å². The molecular formula is C20H10N8. The van der Waals surface area contributed by atoms with Gasteiger partial charge < -0.3 is 0 Å². The predicted octanol–water partition coefficient (Wildman–Crippen LogP) is 3.31. The number of aromatic nitrogens is 6. The average Bonchev–Trinajstić information content (AvgIpc) is 3.41. The van der Waals surface area contributed by atoms with E-state index in [9.17, 15) is 10.5 Å². The van der Waals surface area contributed by atoms with E-state index < -0.39 is 0 Å². The maximum absolute atomic E-state index is 9.53. The number of hydrogen-bond donors (Lipinski definition) is 2. The third kappa shape index (κ3) is 2.23. The first-order valence-electron chi connectivity index (χ1n) is 8.38. The van der Waals surface area contributed by atoms with E-state index in [0.717, 1.165) is 22.3 Å². The minimum atomic E-state index is 0.300. The Labute approximate surface area is 158 Å². The molecule has 0 bridgehead atoms. The van der Waals surface area contributed by atoms with Crippen LogP contribution in [0.2, 0.25) is 0 Å². The van der Waals surface area contributed by atoms with E-state index in [1.54, 1.807) is 12.1 Å². The van der Waals surface area contributed by atoms with Crippen LogP contribution in [-0.2, 0) is 0 Å². The summed E-state index contributed by atoms with van der Waals surface area (Å²) in [6.07, 6.45) is 0. The van der Waals surface area contributed by atoms with Crippen LogP contribution in [0.15, 0.2) is 48.5 Å². The number of fused-ring (bicyclic) bond motifs is 2. The molecule has 130 valence electrons. The summed E-state index contributed by atoms with van der Waals surface area (Å²) in [4.78, 5) is 0. The number of aromatic amines is 2. The molecule has 0 fully saturated rings. The van der Waals surface area contributed by atoms with E-state index in [1.165, 1.54) is 0 Å². The third-order valence-electron chi connectivity index (χ3n) is 4.67. The number of rotatable bonds is 2. The molecule has 0 spiro atoms. The van der Waals surface area contributed by atoms with Gasteiger partial charge in [-0.25, -0.2) is 0 Å². The van der Waals surface area contributed by atoms with Crippen LogP contribution in [0.3, 0.4) is 0 Å². The Morgan fingerprint density at radius 1 is 0.607 bits per heavy atom. The molecule has 2 N–H and O–H groups in total. The Balaban J connectivity index is 1.92. The van der Waals surface area contributed by atoms with Crippen LogP contribution in [-0.4, -0.2) is 30.8 Å². The summed E-state index contributed by atoms with van der Waals surface area (Å²) in [5.41, 5.74) is 6.55. The molecule has 2 heterocycles. The lowest BCUT2D eigenvalue weighted by Crippen LogP contribution is -1.93. The lowest BCUT2D eigenvalue weighted by atomic mass is 9.89. The largest absolute Gasteiger partial charge is 0.197 e. The van der Waals surface area contributed by atoms with Gasteiger partial charge in [0.15, 0.2) is 0 Å². The highest BCUT2D eigenvalue weighted by atomic mass is 15.3. The first-order chi connectivity index (χ1) is 13.8. The van der Waals surface area contributed by atoms with Gasteiger partial charge in [-0.1, -0.05) is 24.3 Å². The Morgan fingerprint density at radius 3 is 1.50 bits per heavy atom. The normalized spacial score (nSPS) is 10.8. The van der Waals surface area contributed by atoms with Crippen LogP contribution in [0.1, 0.15) is 11.1 Å². The van der Waals surface area contributed by atoms with Crippen molar-refractivity contribution in [1.82, 2.24) is 30.8 Å². The SMILES string of the molecule is N#Cc1cc(-c2cccc3n[nH]nc23)c(-c2cccc3n[nH]nc23)cc1C#N. The zero-order chi connectivity index (χ0) is 19.1. The molecule has 5 rings (SSSR count). The summed E-state index contributed by atoms with van der Waals surface area (Å²) in [5.74, 6) is 0. The highest BCUT2D eigenvalue weighted by Crippen LogP contribution is 2.38. The number of para-hydroxylation sites is 2. The molecule has 0 aliphatic heterocycles. The van der Waals surface area contributed by atoms with E-state index in [2.05, 4.69) is 43.0 Å².